The van der Waals surface area contributed by atoms with Crippen LogP contribution in [-0.2, 0) is 16.1 Å². The van der Waals surface area contributed by atoms with E-state index in [1.54, 1.807) is 0 Å². The van der Waals surface area contributed by atoms with Crippen LogP contribution in [0, 0.1) is 5.92 Å². The summed E-state index contributed by atoms with van der Waals surface area (Å²) < 4.78 is 5.86. The molecule has 1 aliphatic heterocycles. The average molecular weight is 348 g/mol. The van der Waals surface area contributed by atoms with Crippen molar-refractivity contribution in [3.05, 3.63) is 35.9 Å². The second-order valence-electron chi connectivity index (χ2n) is 7.04. The van der Waals surface area contributed by atoms with Gasteiger partial charge in [-0.15, -0.1) is 11.8 Å². The Bertz CT molecular complexity index is 494. The van der Waals surface area contributed by atoms with Gasteiger partial charge in [0.05, 0.1) is 12.4 Å². The van der Waals surface area contributed by atoms with E-state index >= 15 is 0 Å². The van der Waals surface area contributed by atoms with Gasteiger partial charge in [0.25, 0.3) is 0 Å². The molecule has 1 saturated carbocycles. The highest BCUT2D eigenvalue weighted by molar-refractivity contribution is 8.00. The molecular formula is C20H29NO2S. The van der Waals surface area contributed by atoms with Crippen LogP contribution in [0.5, 0.6) is 0 Å². The summed E-state index contributed by atoms with van der Waals surface area (Å²) in [7, 11) is 0. The Hall–Kier alpha value is -1.00. The quantitative estimate of drug-likeness (QED) is 0.743. The van der Waals surface area contributed by atoms with Crippen LogP contribution in [0.1, 0.15) is 44.1 Å². The van der Waals surface area contributed by atoms with E-state index in [2.05, 4.69) is 17.0 Å². The number of carbonyl (C=O) groups excluding carboxylic acids is 1. The van der Waals surface area contributed by atoms with E-state index in [-0.39, 0.29) is 0 Å². The van der Waals surface area contributed by atoms with Crippen LogP contribution >= 0.6 is 11.8 Å². The van der Waals surface area contributed by atoms with E-state index in [0.717, 1.165) is 37.8 Å². The summed E-state index contributed by atoms with van der Waals surface area (Å²) in [5.74, 6) is 1.62. The third kappa shape index (κ3) is 5.52. The fourth-order valence-electron chi connectivity index (χ4n) is 3.60. The van der Waals surface area contributed by atoms with E-state index in [9.17, 15) is 4.79 Å². The molecule has 0 N–H and O–H groups in total. The summed E-state index contributed by atoms with van der Waals surface area (Å²) in [4.78, 5) is 14.4. The van der Waals surface area contributed by atoms with Crippen LogP contribution in [-0.4, -0.2) is 41.5 Å². The molecule has 1 amide bonds. The Morgan fingerprint density at radius 2 is 1.79 bits per heavy atom. The molecule has 3 rings (SSSR count). The fraction of sp³-hybridized carbons (Fsp3) is 0.650. The number of amides is 1. The van der Waals surface area contributed by atoms with E-state index in [1.165, 1.54) is 31.2 Å². The summed E-state index contributed by atoms with van der Waals surface area (Å²) in [6, 6.07) is 10.3. The molecule has 1 heterocycles. The van der Waals surface area contributed by atoms with Crippen LogP contribution in [0.2, 0.25) is 0 Å². The first-order chi connectivity index (χ1) is 11.8. The Morgan fingerprint density at radius 3 is 2.50 bits per heavy atom. The van der Waals surface area contributed by atoms with Gasteiger partial charge in [0.2, 0.25) is 5.91 Å². The van der Waals surface area contributed by atoms with E-state index in [0.29, 0.717) is 24.2 Å². The fourth-order valence-corrected chi connectivity index (χ4v) is 4.83. The summed E-state index contributed by atoms with van der Waals surface area (Å²) in [5.41, 5.74) is 1.23. The van der Waals surface area contributed by atoms with Crippen LogP contribution < -0.4 is 0 Å². The van der Waals surface area contributed by atoms with Gasteiger partial charge in [-0.3, -0.25) is 4.79 Å². The first-order valence-electron chi connectivity index (χ1n) is 9.32. The summed E-state index contributed by atoms with van der Waals surface area (Å²) >= 11 is 1.88. The van der Waals surface area contributed by atoms with E-state index in [4.69, 9.17) is 4.74 Å². The van der Waals surface area contributed by atoms with Crippen molar-refractivity contribution >= 4 is 17.7 Å². The highest BCUT2D eigenvalue weighted by atomic mass is 32.2. The van der Waals surface area contributed by atoms with Gasteiger partial charge >= 0.3 is 0 Å². The lowest BCUT2D eigenvalue weighted by atomic mass is 9.98. The summed E-state index contributed by atoms with van der Waals surface area (Å²) in [6.07, 6.45) is 7.46. The molecular weight excluding hydrogens is 318 g/mol. The Labute approximate surface area is 150 Å². The zero-order valence-corrected chi connectivity index (χ0v) is 15.3. The molecule has 2 aliphatic rings. The van der Waals surface area contributed by atoms with Crippen molar-refractivity contribution in [2.24, 2.45) is 5.92 Å². The van der Waals surface area contributed by atoms with Gasteiger partial charge in [-0.2, -0.15) is 0 Å². The van der Waals surface area contributed by atoms with Gasteiger partial charge in [-0.1, -0.05) is 43.2 Å². The average Bonchev–Trinajstić information content (AvgIpc) is 3.15. The van der Waals surface area contributed by atoms with Crippen LogP contribution in [0.3, 0.4) is 0 Å². The van der Waals surface area contributed by atoms with Crippen molar-refractivity contribution in [2.75, 3.05) is 25.4 Å². The number of likely N-dealkylation sites (tertiary alicyclic amines) is 1. The highest BCUT2D eigenvalue weighted by Gasteiger charge is 2.24. The Kier molecular flexibility index (Phi) is 7.03. The van der Waals surface area contributed by atoms with E-state index in [1.807, 2.05) is 30.0 Å². The molecule has 0 aromatic heterocycles. The number of carbonyl (C=O) groups is 1. The standard InChI is InChI=1S/C20H29NO2S/c22-20(16-24-19-8-4-5-9-19)21-12-10-18(11-13-21)15-23-14-17-6-2-1-3-7-17/h1-3,6-7,18-19H,4-5,8-16H2. The number of hydrogen-bond donors (Lipinski definition) is 0. The molecule has 0 unspecified atom stereocenters. The van der Waals surface area contributed by atoms with E-state index < -0.39 is 0 Å². The highest BCUT2D eigenvalue weighted by Crippen LogP contribution is 2.29. The molecule has 1 saturated heterocycles. The van der Waals surface area contributed by atoms with Gasteiger partial charge in [0.1, 0.15) is 0 Å². The monoisotopic (exact) mass is 347 g/mol. The van der Waals surface area contributed by atoms with Gasteiger partial charge in [-0.05, 0) is 37.2 Å². The first kappa shape index (κ1) is 17.8. The third-order valence-electron chi connectivity index (χ3n) is 5.18. The minimum Gasteiger partial charge on any atom is -0.376 e. The number of nitrogens with zero attached hydrogens (tertiary/aromatic N) is 1. The second kappa shape index (κ2) is 9.47. The lowest BCUT2D eigenvalue weighted by Gasteiger charge is -2.32. The maximum Gasteiger partial charge on any atom is 0.232 e. The van der Waals surface area contributed by atoms with Gasteiger partial charge < -0.3 is 9.64 Å². The summed E-state index contributed by atoms with van der Waals surface area (Å²) in [5, 5.41) is 0.734. The molecule has 0 bridgehead atoms. The molecule has 0 atom stereocenters. The SMILES string of the molecule is O=C(CSC1CCCC1)N1CCC(COCc2ccccc2)CC1. The molecule has 24 heavy (non-hydrogen) atoms. The van der Waals surface area contributed by atoms with Crippen LogP contribution in [0.15, 0.2) is 30.3 Å². The zero-order valence-electron chi connectivity index (χ0n) is 14.5. The zero-order chi connectivity index (χ0) is 16.6. The van der Waals surface area contributed by atoms with Crippen molar-refractivity contribution in [3.8, 4) is 0 Å². The molecule has 0 radical (unpaired) electrons. The lowest BCUT2D eigenvalue weighted by Crippen LogP contribution is -2.40. The number of ether oxygens (including phenoxy) is 1. The second-order valence-corrected chi connectivity index (χ2v) is 8.33. The van der Waals surface area contributed by atoms with Crippen LogP contribution in [0.25, 0.3) is 0 Å². The molecule has 1 aromatic rings. The van der Waals surface area contributed by atoms with Crippen LogP contribution in [0.4, 0.5) is 0 Å². The molecule has 132 valence electrons. The normalized spacial score (nSPS) is 19.8. The van der Waals surface area contributed by atoms with Crippen molar-refractivity contribution < 1.29 is 9.53 Å². The minimum atomic E-state index is 0.343. The smallest absolute Gasteiger partial charge is 0.232 e. The molecule has 1 aliphatic carbocycles. The van der Waals surface area contributed by atoms with Crippen molar-refractivity contribution in [2.45, 2.75) is 50.4 Å². The number of thioether (sulfide) groups is 1. The van der Waals surface area contributed by atoms with Gasteiger partial charge in [0, 0.05) is 24.9 Å². The number of hydrogen-bond acceptors (Lipinski definition) is 3. The van der Waals surface area contributed by atoms with Crippen molar-refractivity contribution in [1.29, 1.82) is 0 Å². The van der Waals surface area contributed by atoms with Gasteiger partial charge in [-0.25, -0.2) is 0 Å². The maximum absolute atomic E-state index is 12.3. The Morgan fingerprint density at radius 1 is 1.08 bits per heavy atom. The molecule has 0 spiro atoms. The van der Waals surface area contributed by atoms with Crippen molar-refractivity contribution in [3.63, 3.8) is 0 Å². The summed E-state index contributed by atoms with van der Waals surface area (Å²) in [6.45, 7) is 3.32. The largest absolute Gasteiger partial charge is 0.376 e. The lowest BCUT2D eigenvalue weighted by molar-refractivity contribution is -0.130. The molecule has 1 aromatic carbocycles. The molecule has 2 fully saturated rings. The third-order valence-corrected chi connectivity index (χ3v) is 6.53. The van der Waals surface area contributed by atoms with Gasteiger partial charge in [0.15, 0.2) is 0 Å². The van der Waals surface area contributed by atoms with Crippen molar-refractivity contribution in [1.82, 2.24) is 4.90 Å². The predicted octanol–water partition coefficient (Wildman–Crippen LogP) is 4.12. The first-order valence-corrected chi connectivity index (χ1v) is 10.4. The predicted molar refractivity (Wildman–Crippen MR) is 100 cm³/mol. The minimum absolute atomic E-state index is 0.343. The Balaban J connectivity index is 1.29. The molecule has 4 heteroatoms. The number of benzene rings is 1. The number of piperidine rings is 1. The number of rotatable bonds is 7. The topological polar surface area (TPSA) is 29.5 Å². The maximum atomic E-state index is 12.3. The molecule has 3 nitrogen and oxygen atoms in total.